The highest BCUT2D eigenvalue weighted by molar-refractivity contribution is 5.97. The van der Waals surface area contributed by atoms with Crippen LogP contribution in [0.4, 0.5) is 5.69 Å². The molecule has 3 rings (SSSR count). The Bertz CT molecular complexity index is 629. The Morgan fingerprint density at radius 3 is 2.67 bits per heavy atom. The molecule has 1 N–H and O–H groups in total. The van der Waals surface area contributed by atoms with E-state index in [1.807, 2.05) is 0 Å². The second-order valence-electron chi connectivity index (χ2n) is 7.24. The molecule has 2 fully saturated rings. The quantitative estimate of drug-likeness (QED) is 0.741. The summed E-state index contributed by atoms with van der Waals surface area (Å²) in [4.78, 5) is 31.5. The molecule has 7 nitrogen and oxygen atoms in total. The smallest absolute Gasteiger partial charge is 0.247 e. The summed E-state index contributed by atoms with van der Waals surface area (Å²) in [5.74, 6) is 0.608. The standard InChI is InChI=1S/C20H29N3O4/c1-26-12-13-27-18-10-9-16(14-21-18)22-19(24)17-8-5-11-23(17)20(25)15-6-3-2-4-7-15/h9-10,14-15,17H,2-8,11-13H2,1H3,(H,22,24)/t17-/m1/s1. The number of carbonyl (C=O) groups excluding carboxylic acids is 2. The van der Waals surface area contributed by atoms with E-state index in [1.54, 1.807) is 30.3 Å². The van der Waals surface area contributed by atoms with Crippen LogP contribution in [0.2, 0.25) is 0 Å². The third kappa shape index (κ3) is 5.19. The van der Waals surface area contributed by atoms with Crippen molar-refractivity contribution in [3.05, 3.63) is 18.3 Å². The molecule has 0 radical (unpaired) electrons. The minimum Gasteiger partial charge on any atom is -0.475 e. The summed E-state index contributed by atoms with van der Waals surface area (Å²) in [6, 6.07) is 3.09. The number of nitrogens with one attached hydrogen (secondary N) is 1. The molecular formula is C20H29N3O4. The molecule has 1 aliphatic carbocycles. The molecule has 2 aliphatic rings. The van der Waals surface area contributed by atoms with Gasteiger partial charge in [0.1, 0.15) is 12.6 Å². The van der Waals surface area contributed by atoms with Crippen molar-refractivity contribution in [1.82, 2.24) is 9.88 Å². The zero-order valence-corrected chi connectivity index (χ0v) is 16.0. The highest BCUT2D eigenvalue weighted by Gasteiger charge is 2.37. The van der Waals surface area contributed by atoms with Crippen molar-refractivity contribution >= 4 is 17.5 Å². The number of hydrogen-bond acceptors (Lipinski definition) is 5. The van der Waals surface area contributed by atoms with Gasteiger partial charge in [0, 0.05) is 25.6 Å². The van der Waals surface area contributed by atoms with Gasteiger partial charge in [0.15, 0.2) is 0 Å². The summed E-state index contributed by atoms with van der Waals surface area (Å²) in [5, 5.41) is 2.89. The molecule has 2 amide bonds. The van der Waals surface area contributed by atoms with Gasteiger partial charge in [0.25, 0.3) is 0 Å². The van der Waals surface area contributed by atoms with Crippen LogP contribution in [0, 0.1) is 5.92 Å². The summed E-state index contributed by atoms with van der Waals surface area (Å²) in [6.45, 7) is 1.60. The van der Waals surface area contributed by atoms with Crippen LogP contribution in [-0.2, 0) is 14.3 Å². The Balaban J connectivity index is 1.55. The molecular weight excluding hydrogens is 346 g/mol. The monoisotopic (exact) mass is 375 g/mol. The first-order valence-corrected chi connectivity index (χ1v) is 9.88. The lowest BCUT2D eigenvalue weighted by atomic mass is 9.88. The van der Waals surface area contributed by atoms with Crippen LogP contribution >= 0.6 is 0 Å². The molecule has 0 unspecified atom stereocenters. The fourth-order valence-corrected chi connectivity index (χ4v) is 3.88. The molecule has 7 heteroatoms. The Morgan fingerprint density at radius 1 is 1.15 bits per heavy atom. The van der Waals surface area contributed by atoms with Gasteiger partial charge in [0.2, 0.25) is 17.7 Å². The zero-order chi connectivity index (χ0) is 19.1. The molecule has 0 bridgehead atoms. The fourth-order valence-electron chi connectivity index (χ4n) is 3.88. The summed E-state index contributed by atoms with van der Waals surface area (Å²) >= 11 is 0. The number of amides is 2. The van der Waals surface area contributed by atoms with Gasteiger partial charge < -0.3 is 19.7 Å². The number of pyridine rings is 1. The van der Waals surface area contributed by atoms with E-state index in [1.165, 1.54) is 6.42 Å². The van der Waals surface area contributed by atoms with Crippen molar-refractivity contribution in [3.63, 3.8) is 0 Å². The Hall–Kier alpha value is -2.15. The van der Waals surface area contributed by atoms with Gasteiger partial charge in [-0.3, -0.25) is 9.59 Å². The van der Waals surface area contributed by atoms with Crippen molar-refractivity contribution in [2.24, 2.45) is 5.92 Å². The minimum atomic E-state index is -0.378. The number of likely N-dealkylation sites (tertiary alicyclic amines) is 1. The number of ether oxygens (including phenoxy) is 2. The first-order valence-electron chi connectivity index (χ1n) is 9.88. The lowest BCUT2D eigenvalue weighted by molar-refractivity contribution is -0.141. The molecule has 0 spiro atoms. The van der Waals surface area contributed by atoms with E-state index in [4.69, 9.17) is 9.47 Å². The summed E-state index contributed by atoms with van der Waals surface area (Å²) in [5.41, 5.74) is 0.607. The van der Waals surface area contributed by atoms with E-state index < -0.39 is 0 Å². The molecule has 1 atom stereocenters. The van der Waals surface area contributed by atoms with Gasteiger partial charge in [-0.25, -0.2) is 4.98 Å². The number of anilines is 1. The van der Waals surface area contributed by atoms with Crippen molar-refractivity contribution < 1.29 is 19.1 Å². The number of aromatic nitrogens is 1. The average Bonchev–Trinajstić information content (AvgIpc) is 3.19. The SMILES string of the molecule is COCCOc1ccc(NC(=O)[C@H]2CCCN2C(=O)C2CCCCC2)cn1. The lowest BCUT2D eigenvalue weighted by Crippen LogP contribution is -2.46. The van der Waals surface area contributed by atoms with E-state index in [-0.39, 0.29) is 23.8 Å². The number of rotatable bonds is 7. The lowest BCUT2D eigenvalue weighted by Gasteiger charge is -2.30. The molecule has 0 aromatic carbocycles. The van der Waals surface area contributed by atoms with E-state index in [0.717, 1.165) is 38.5 Å². The fraction of sp³-hybridized carbons (Fsp3) is 0.650. The van der Waals surface area contributed by atoms with Gasteiger partial charge >= 0.3 is 0 Å². The maximum Gasteiger partial charge on any atom is 0.247 e. The van der Waals surface area contributed by atoms with Crippen LogP contribution in [0.25, 0.3) is 0 Å². The molecule has 1 aromatic heterocycles. The molecule has 1 aliphatic heterocycles. The topological polar surface area (TPSA) is 80.8 Å². The maximum atomic E-state index is 12.8. The van der Waals surface area contributed by atoms with Crippen molar-refractivity contribution in [1.29, 1.82) is 0 Å². The van der Waals surface area contributed by atoms with Crippen LogP contribution < -0.4 is 10.1 Å². The predicted octanol–water partition coefficient (Wildman–Crippen LogP) is 2.62. The molecule has 1 aromatic rings. The van der Waals surface area contributed by atoms with Crippen LogP contribution in [0.15, 0.2) is 18.3 Å². The van der Waals surface area contributed by atoms with Crippen LogP contribution in [0.3, 0.4) is 0 Å². The second kappa shape index (κ2) is 9.69. The Labute approximate surface area is 160 Å². The largest absolute Gasteiger partial charge is 0.475 e. The second-order valence-corrected chi connectivity index (χ2v) is 7.24. The molecule has 2 heterocycles. The number of nitrogens with zero attached hydrogens (tertiary/aromatic N) is 2. The molecule has 1 saturated heterocycles. The number of hydrogen-bond donors (Lipinski definition) is 1. The van der Waals surface area contributed by atoms with Gasteiger partial charge in [0.05, 0.1) is 18.5 Å². The van der Waals surface area contributed by atoms with Crippen molar-refractivity contribution in [2.75, 3.05) is 32.2 Å². The van der Waals surface area contributed by atoms with Crippen LogP contribution in [0.1, 0.15) is 44.9 Å². The number of methoxy groups -OCH3 is 1. The van der Waals surface area contributed by atoms with Crippen LogP contribution in [-0.4, -0.2) is 54.6 Å². The van der Waals surface area contributed by atoms with Gasteiger partial charge in [-0.15, -0.1) is 0 Å². The third-order valence-electron chi connectivity index (χ3n) is 5.33. The average molecular weight is 375 g/mol. The molecule has 27 heavy (non-hydrogen) atoms. The molecule has 148 valence electrons. The van der Waals surface area contributed by atoms with Gasteiger partial charge in [-0.2, -0.15) is 0 Å². The Kier molecular flexibility index (Phi) is 7.04. The summed E-state index contributed by atoms with van der Waals surface area (Å²) < 4.78 is 10.3. The highest BCUT2D eigenvalue weighted by atomic mass is 16.5. The van der Waals surface area contributed by atoms with Crippen molar-refractivity contribution in [3.8, 4) is 5.88 Å². The predicted molar refractivity (Wildman–Crippen MR) is 102 cm³/mol. The highest BCUT2D eigenvalue weighted by Crippen LogP contribution is 2.29. The van der Waals surface area contributed by atoms with Gasteiger partial charge in [-0.05, 0) is 31.7 Å². The van der Waals surface area contributed by atoms with Gasteiger partial charge in [-0.1, -0.05) is 19.3 Å². The van der Waals surface area contributed by atoms with E-state index in [2.05, 4.69) is 10.3 Å². The summed E-state index contributed by atoms with van der Waals surface area (Å²) in [6.07, 6.45) is 8.53. The van der Waals surface area contributed by atoms with Crippen molar-refractivity contribution in [2.45, 2.75) is 51.0 Å². The van der Waals surface area contributed by atoms with E-state index in [9.17, 15) is 9.59 Å². The summed E-state index contributed by atoms with van der Waals surface area (Å²) in [7, 11) is 1.61. The molecule has 1 saturated carbocycles. The first-order chi connectivity index (χ1) is 13.2. The first kappa shape index (κ1) is 19.6. The van der Waals surface area contributed by atoms with E-state index in [0.29, 0.717) is 31.3 Å². The normalized spacial score (nSPS) is 20.5. The van der Waals surface area contributed by atoms with Crippen LogP contribution in [0.5, 0.6) is 5.88 Å². The Morgan fingerprint density at radius 2 is 1.96 bits per heavy atom. The maximum absolute atomic E-state index is 12.8. The zero-order valence-electron chi connectivity index (χ0n) is 16.0. The number of carbonyl (C=O) groups is 2. The minimum absolute atomic E-state index is 0.0948. The third-order valence-corrected chi connectivity index (χ3v) is 5.33. The van der Waals surface area contributed by atoms with E-state index >= 15 is 0 Å².